The zero-order valence-electron chi connectivity index (χ0n) is 7.56. The van der Waals surface area contributed by atoms with Crippen molar-refractivity contribution in [2.75, 3.05) is 0 Å². The summed E-state index contributed by atoms with van der Waals surface area (Å²) < 4.78 is 33.3. The Labute approximate surface area is 79.5 Å². The van der Waals surface area contributed by atoms with E-state index in [9.17, 15) is 18.0 Å². The molecular formula is C10H9F3O. The molecule has 2 aliphatic carbocycles. The number of hydrogen-bond donors (Lipinski definition) is 0. The fourth-order valence-corrected chi connectivity index (χ4v) is 0.863. The zero-order chi connectivity index (χ0) is 10.8. The molecule has 0 N–H and O–H groups in total. The van der Waals surface area contributed by atoms with Gasteiger partial charge in [-0.1, -0.05) is 31.2 Å². The topological polar surface area (TPSA) is 17.1 Å². The highest BCUT2D eigenvalue weighted by Crippen LogP contribution is 2.29. The molecule has 1 nitrogen and oxygen atoms in total. The zero-order valence-corrected chi connectivity index (χ0v) is 7.56. The molecular weight excluding hydrogens is 193 g/mol. The van der Waals surface area contributed by atoms with E-state index < -0.39 is 18.4 Å². The van der Waals surface area contributed by atoms with Crippen LogP contribution < -0.4 is 0 Å². The van der Waals surface area contributed by atoms with Crippen molar-refractivity contribution in [3.05, 3.63) is 24.3 Å². The molecule has 0 aromatic carbocycles. The summed E-state index contributed by atoms with van der Waals surface area (Å²) in [5.74, 6) is -1.67. The van der Waals surface area contributed by atoms with Gasteiger partial charge in [-0.05, 0) is 11.1 Å². The number of Topliss-reactive ketones (excluding diaryl/α,β-unsaturated/α-hetero) is 1. The summed E-state index contributed by atoms with van der Waals surface area (Å²) in [6.45, 7) is 1.18. The standard InChI is InChI=1S/C6H4.C4H5F3O/c1-2-6-4-3-5(1)6;1-2-3(8)4(5,6)7/h1-4H;2H2,1H3. The highest BCUT2D eigenvalue weighted by atomic mass is 19.4. The lowest BCUT2D eigenvalue weighted by atomic mass is 9.95. The molecule has 2 aliphatic rings. The number of carbonyl (C=O) groups excluding carboxylic acids is 1. The number of alkyl halides is 3. The molecule has 0 atom stereocenters. The molecule has 0 saturated heterocycles. The molecule has 0 aromatic rings. The number of benzene rings is 1. The molecule has 0 radical (unpaired) electrons. The van der Waals surface area contributed by atoms with Crippen LogP contribution in [0.1, 0.15) is 13.3 Å². The largest absolute Gasteiger partial charge is 0.449 e. The maximum atomic E-state index is 11.1. The molecule has 0 spiro atoms. The van der Waals surface area contributed by atoms with Gasteiger partial charge in [0.05, 0.1) is 0 Å². The van der Waals surface area contributed by atoms with Gasteiger partial charge in [-0.15, -0.1) is 0 Å². The first-order valence-corrected chi connectivity index (χ1v) is 4.15. The molecule has 2 rings (SSSR count). The number of carbonyl (C=O) groups is 1. The Morgan fingerprint density at radius 2 is 1.50 bits per heavy atom. The van der Waals surface area contributed by atoms with E-state index in [1.54, 1.807) is 0 Å². The van der Waals surface area contributed by atoms with Gasteiger partial charge in [-0.3, -0.25) is 4.79 Å². The monoisotopic (exact) mass is 202 g/mol. The van der Waals surface area contributed by atoms with Gasteiger partial charge in [0.25, 0.3) is 0 Å². The second-order valence-corrected chi connectivity index (χ2v) is 2.85. The van der Waals surface area contributed by atoms with Gasteiger partial charge < -0.3 is 0 Å². The normalized spacial score (nSPS) is 11.4. The number of hydrogen-bond acceptors (Lipinski definition) is 1. The summed E-state index contributed by atoms with van der Waals surface area (Å²) in [7, 11) is 0. The van der Waals surface area contributed by atoms with Crippen LogP contribution in [-0.2, 0) is 4.79 Å². The Hall–Kier alpha value is -1.32. The van der Waals surface area contributed by atoms with Crippen LogP contribution in [0.2, 0.25) is 0 Å². The molecule has 76 valence electrons. The molecule has 0 amide bonds. The van der Waals surface area contributed by atoms with Crippen molar-refractivity contribution in [1.82, 2.24) is 0 Å². The SMILES string of the molecule is CCC(=O)C(F)(F)F.c1cc2ccc1-2. The lowest BCUT2D eigenvalue weighted by Gasteiger charge is -2.10. The smallest absolute Gasteiger partial charge is 0.290 e. The van der Waals surface area contributed by atoms with Gasteiger partial charge in [-0.25, -0.2) is 0 Å². The van der Waals surface area contributed by atoms with Crippen molar-refractivity contribution in [2.45, 2.75) is 19.5 Å². The quantitative estimate of drug-likeness (QED) is 0.694. The molecule has 0 aliphatic heterocycles. The molecule has 4 heteroatoms. The highest BCUT2D eigenvalue weighted by Gasteiger charge is 2.36. The number of ketones is 1. The fourth-order valence-electron chi connectivity index (χ4n) is 0.863. The van der Waals surface area contributed by atoms with Crippen molar-refractivity contribution in [2.24, 2.45) is 0 Å². The van der Waals surface area contributed by atoms with E-state index in [1.807, 2.05) is 0 Å². The summed E-state index contributed by atoms with van der Waals surface area (Å²) in [5, 5.41) is 0. The van der Waals surface area contributed by atoms with E-state index in [1.165, 1.54) is 18.1 Å². The van der Waals surface area contributed by atoms with Gasteiger partial charge in [0.2, 0.25) is 5.78 Å². The third-order valence-electron chi connectivity index (χ3n) is 1.86. The van der Waals surface area contributed by atoms with Gasteiger partial charge in [0, 0.05) is 6.42 Å². The number of fused-ring (bicyclic) bond motifs is 1. The van der Waals surface area contributed by atoms with Gasteiger partial charge in [0.1, 0.15) is 0 Å². The lowest BCUT2D eigenvalue weighted by Crippen LogP contribution is -2.20. The van der Waals surface area contributed by atoms with Crippen molar-refractivity contribution < 1.29 is 18.0 Å². The Balaban J connectivity index is 0.000000143. The van der Waals surface area contributed by atoms with Crippen LogP contribution >= 0.6 is 0 Å². The van der Waals surface area contributed by atoms with Crippen molar-refractivity contribution in [3.63, 3.8) is 0 Å². The summed E-state index contributed by atoms with van der Waals surface area (Å²) >= 11 is 0. The predicted octanol–water partition coefficient (Wildman–Crippen LogP) is 3.19. The van der Waals surface area contributed by atoms with E-state index in [0.29, 0.717) is 0 Å². The highest BCUT2D eigenvalue weighted by molar-refractivity contribution is 5.83. The average molecular weight is 202 g/mol. The van der Waals surface area contributed by atoms with E-state index in [2.05, 4.69) is 24.3 Å². The second-order valence-electron chi connectivity index (χ2n) is 2.85. The van der Waals surface area contributed by atoms with Crippen LogP contribution in [0.3, 0.4) is 0 Å². The van der Waals surface area contributed by atoms with Gasteiger partial charge in [0.15, 0.2) is 0 Å². The van der Waals surface area contributed by atoms with Crippen LogP contribution in [0.15, 0.2) is 24.3 Å². The molecule has 0 aromatic heterocycles. The third-order valence-corrected chi connectivity index (χ3v) is 1.86. The molecule has 0 heterocycles. The van der Waals surface area contributed by atoms with Crippen LogP contribution in [0.25, 0.3) is 11.1 Å². The summed E-state index contributed by atoms with van der Waals surface area (Å²) in [6.07, 6.45) is -5.10. The first-order valence-electron chi connectivity index (χ1n) is 4.15. The van der Waals surface area contributed by atoms with Crippen molar-refractivity contribution in [3.8, 4) is 11.1 Å². The maximum absolute atomic E-state index is 11.1. The Morgan fingerprint density at radius 1 is 1.14 bits per heavy atom. The van der Waals surface area contributed by atoms with E-state index in [4.69, 9.17) is 0 Å². The van der Waals surface area contributed by atoms with Crippen molar-refractivity contribution in [1.29, 1.82) is 0 Å². The minimum atomic E-state index is -4.63. The van der Waals surface area contributed by atoms with Crippen LogP contribution in [-0.4, -0.2) is 12.0 Å². The van der Waals surface area contributed by atoms with Crippen LogP contribution in [0.4, 0.5) is 13.2 Å². The maximum Gasteiger partial charge on any atom is 0.449 e. The van der Waals surface area contributed by atoms with Gasteiger partial charge in [-0.2, -0.15) is 13.2 Å². The third kappa shape index (κ3) is 2.34. The summed E-state index contributed by atoms with van der Waals surface area (Å²) in [5.41, 5.74) is 2.85. The van der Waals surface area contributed by atoms with Crippen molar-refractivity contribution >= 4 is 5.78 Å². The Kier molecular flexibility index (Phi) is 2.93. The average Bonchev–Trinajstić information content (AvgIpc) is 2.09. The first-order chi connectivity index (χ1) is 6.45. The van der Waals surface area contributed by atoms with E-state index in [0.717, 1.165) is 0 Å². The molecule has 0 saturated carbocycles. The van der Waals surface area contributed by atoms with Crippen LogP contribution in [0.5, 0.6) is 0 Å². The minimum Gasteiger partial charge on any atom is -0.290 e. The second kappa shape index (κ2) is 3.82. The van der Waals surface area contributed by atoms with E-state index >= 15 is 0 Å². The summed E-state index contributed by atoms with van der Waals surface area (Å²) in [6, 6.07) is 8.48. The fraction of sp³-hybridized carbons (Fsp3) is 0.300. The number of halogens is 3. The predicted molar refractivity (Wildman–Crippen MR) is 46.8 cm³/mol. The van der Waals surface area contributed by atoms with Crippen LogP contribution in [0, 0.1) is 0 Å². The molecule has 0 bridgehead atoms. The first kappa shape index (κ1) is 10.8. The van der Waals surface area contributed by atoms with E-state index in [-0.39, 0.29) is 0 Å². The molecule has 14 heavy (non-hydrogen) atoms. The Bertz CT molecular complexity index is 303. The minimum absolute atomic E-state index is 0.469. The Morgan fingerprint density at radius 3 is 1.50 bits per heavy atom. The molecule has 0 unspecified atom stereocenters. The summed E-state index contributed by atoms with van der Waals surface area (Å²) in [4.78, 5) is 9.71. The van der Waals surface area contributed by atoms with Gasteiger partial charge >= 0.3 is 6.18 Å². The molecule has 0 fully saturated rings. The lowest BCUT2D eigenvalue weighted by molar-refractivity contribution is -0.170. The number of rotatable bonds is 1.